The predicted molar refractivity (Wildman–Crippen MR) is 119 cm³/mol. The normalized spacial score (nSPS) is 13.5. The second kappa shape index (κ2) is 9.84. The van der Waals surface area contributed by atoms with E-state index in [1.165, 1.54) is 30.3 Å². The number of pyridine rings is 1. The van der Waals surface area contributed by atoms with Crippen LogP contribution in [-0.2, 0) is 25.3 Å². The predicted octanol–water partition coefficient (Wildman–Crippen LogP) is 1.43. The Labute approximate surface area is 195 Å². The van der Waals surface area contributed by atoms with Crippen LogP contribution in [0.1, 0.15) is 34.1 Å². The highest BCUT2D eigenvalue weighted by Gasteiger charge is 2.36. The minimum Gasteiger partial charge on any atom is -0.462 e. The second-order valence-electron chi connectivity index (χ2n) is 7.58. The summed E-state index contributed by atoms with van der Waals surface area (Å²) in [5.74, 6) is -2.15. The fourth-order valence-corrected chi connectivity index (χ4v) is 4.53. The van der Waals surface area contributed by atoms with Crippen molar-refractivity contribution in [1.29, 1.82) is 5.26 Å². The van der Waals surface area contributed by atoms with Crippen molar-refractivity contribution in [2.75, 3.05) is 24.6 Å². The number of aryl methyl sites for hydroxylation is 1. The van der Waals surface area contributed by atoms with E-state index >= 15 is 0 Å². The standard InChI is InChI=1S/C21H21N5O7S/c1-3-33-21(28)18-8-15(9-22)19(23-13(18)2)25-10-16(11-25)20(27)24-34(31,32)12-14-4-6-17(7-5-14)26(29)30/h4-8,16H,3,10-12H2,1-2H3,(H,24,27). The Morgan fingerprint density at radius 1 is 1.32 bits per heavy atom. The van der Waals surface area contributed by atoms with Crippen molar-refractivity contribution in [3.63, 3.8) is 0 Å². The molecule has 0 saturated carbocycles. The van der Waals surface area contributed by atoms with Crippen LogP contribution in [0.2, 0.25) is 0 Å². The Bertz CT molecular complexity index is 1280. The number of sulfonamides is 1. The highest BCUT2D eigenvalue weighted by atomic mass is 32.2. The maximum atomic E-state index is 12.4. The summed E-state index contributed by atoms with van der Waals surface area (Å²) in [5, 5.41) is 20.2. The van der Waals surface area contributed by atoms with Gasteiger partial charge in [0.1, 0.15) is 11.9 Å². The molecule has 1 saturated heterocycles. The quantitative estimate of drug-likeness (QED) is 0.326. The number of aromatic nitrogens is 1. The second-order valence-corrected chi connectivity index (χ2v) is 9.30. The van der Waals surface area contributed by atoms with E-state index in [1.54, 1.807) is 18.7 Å². The van der Waals surface area contributed by atoms with Gasteiger partial charge in [-0.2, -0.15) is 5.26 Å². The largest absolute Gasteiger partial charge is 0.462 e. The molecule has 12 nitrogen and oxygen atoms in total. The smallest absolute Gasteiger partial charge is 0.340 e. The lowest BCUT2D eigenvalue weighted by molar-refractivity contribution is -0.384. The summed E-state index contributed by atoms with van der Waals surface area (Å²) in [6.45, 7) is 3.72. The number of carbonyl (C=O) groups excluding carboxylic acids is 2. The van der Waals surface area contributed by atoms with E-state index in [2.05, 4.69) is 4.98 Å². The molecular weight excluding hydrogens is 466 g/mol. The van der Waals surface area contributed by atoms with Crippen LogP contribution in [0.3, 0.4) is 0 Å². The zero-order valence-corrected chi connectivity index (χ0v) is 19.2. The van der Waals surface area contributed by atoms with Crippen LogP contribution in [0.25, 0.3) is 0 Å². The van der Waals surface area contributed by atoms with E-state index < -0.39 is 38.5 Å². The van der Waals surface area contributed by atoms with Gasteiger partial charge in [-0.3, -0.25) is 19.6 Å². The van der Waals surface area contributed by atoms with Gasteiger partial charge in [0.15, 0.2) is 0 Å². The summed E-state index contributed by atoms with van der Waals surface area (Å²) in [6.07, 6.45) is 0. The third-order valence-corrected chi connectivity index (χ3v) is 6.35. The number of nitro benzene ring substituents is 1. The SMILES string of the molecule is CCOC(=O)c1cc(C#N)c(N2CC(C(=O)NS(=O)(=O)Cc3ccc([N+](=O)[O-])cc3)C2)nc1C. The van der Waals surface area contributed by atoms with Crippen LogP contribution in [0.4, 0.5) is 11.5 Å². The molecule has 0 unspecified atom stereocenters. The van der Waals surface area contributed by atoms with E-state index in [9.17, 15) is 33.4 Å². The van der Waals surface area contributed by atoms with Crippen LogP contribution in [0, 0.1) is 34.3 Å². The summed E-state index contributed by atoms with van der Waals surface area (Å²) in [4.78, 5) is 40.5. The van der Waals surface area contributed by atoms with Crippen LogP contribution in [0.5, 0.6) is 0 Å². The number of hydrogen-bond acceptors (Lipinski definition) is 10. The summed E-state index contributed by atoms with van der Waals surface area (Å²) in [6, 6.07) is 8.36. The number of anilines is 1. The number of carbonyl (C=O) groups is 2. The third-order valence-electron chi connectivity index (χ3n) is 5.12. The molecule has 1 fully saturated rings. The van der Waals surface area contributed by atoms with E-state index in [0.29, 0.717) is 17.1 Å². The van der Waals surface area contributed by atoms with Crippen LogP contribution in [-0.4, -0.2) is 49.9 Å². The molecule has 1 amide bonds. The number of esters is 1. The van der Waals surface area contributed by atoms with Gasteiger partial charge in [0.25, 0.3) is 5.69 Å². The van der Waals surface area contributed by atoms with E-state index in [-0.39, 0.29) is 36.5 Å². The Morgan fingerprint density at radius 3 is 2.53 bits per heavy atom. The van der Waals surface area contributed by atoms with Gasteiger partial charge < -0.3 is 9.64 Å². The number of benzene rings is 1. The molecule has 3 rings (SSSR count). The molecule has 2 aromatic rings. The molecule has 1 N–H and O–H groups in total. The topological polar surface area (TPSA) is 173 Å². The first-order valence-electron chi connectivity index (χ1n) is 10.2. The van der Waals surface area contributed by atoms with Gasteiger partial charge in [0, 0.05) is 25.2 Å². The number of nitrogens with one attached hydrogen (secondary N) is 1. The molecule has 13 heteroatoms. The lowest BCUT2D eigenvalue weighted by atomic mass is 9.98. The highest BCUT2D eigenvalue weighted by molar-refractivity contribution is 7.89. The van der Waals surface area contributed by atoms with E-state index in [1.807, 2.05) is 10.8 Å². The van der Waals surface area contributed by atoms with Crippen molar-refractivity contribution in [3.8, 4) is 6.07 Å². The average Bonchev–Trinajstić information content (AvgIpc) is 2.72. The number of nitriles is 1. The summed E-state index contributed by atoms with van der Waals surface area (Å²) in [7, 11) is -4.02. The molecule has 0 bridgehead atoms. The van der Waals surface area contributed by atoms with Gasteiger partial charge in [-0.1, -0.05) is 12.1 Å². The van der Waals surface area contributed by atoms with Gasteiger partial charge >= 0.3 is 5.97 Å². The minimum atomic E-state index is -4.02. The van der Waals surface area contributed by atoms with Crippen LogP contribution < -0.4 is 9.62 Å². The number of hydrogen-bond donors (Lipinski definition) is 1. The molecule has 1 aromatic carbocycles. The molecule has 1 aliphatic heterocycles. The summed E-state index contributed by atoms with van der Waals surface area (Å²) >= 11 is 0. The van der Waals surface area contributed by atoms with Gasteiger partial charge in [-0.05, 0) is 25.5 Å². The lowest BCUT2D eigenvalue weighted by Crippen LogP contribution is -2.55. The van der Waals surface area contributed by atoms with Gasteiger partial charge in [-0.25, -0.2) is 18.2 Å². The first-order chi connectivity index (χ1) is 16.0. The van der Waals surface area contributed by atoms with Crippen LogP contribution in [0.15, 0.2) is 30.3 Å². The monoisotopic (exact) mass is 487 g/mol. The van der Waals surface area contributed by atoms with Crippen molar-refractivity contribution in [1.82, 2.24) is 9.71 Å². The first-order valence-corrected chi connectivity index (χ1v) is 11.8. The Kier molecular flexibility index (Phi) is 7.11. The number of amides is 1. The van der Waals surface area contributed by atoms with Crippen LogP contribution >= 0.6 is 0 Å². The van der Waals surface area contributed by atoms with E-state index in [0.717, 1.165) is 0 Å². The molecule has 178 valence electrons. The van der Waals surface area contributed by atoms with Gasteiger partial charge in [-0.15, -0.1) is 0 Å². The summed E-state index contributed by atoms with van der Waals surface area (Å²) in [5.41, 5.74) is 0.801. The molecule has 1 aromatic heterocycles. The molecule has 1 aliphatic rings. The highest BCUT2D eigenvalue weighted by Crippen LogP contribution is 2.28. The molecule has 0 spiro atoms. The van der Waals surface area contributed by atoms with Gasteiger partial charge in [0.2, 0.25) is 15.9 Å². The maximum absolute atomic E-state index is 12.4. The van der Waals surface area contributed by atoms with Crippen molar-refractivity contribution >= 4 is 33.4 Å². The van der Waals surface area contributed by atoms with Crippen molar-refractivity contribution in [2.24, 2.45) is 5.92 Å². The Hall–Kier alpha value is -4.05. The molecule has 0 radical (unpaired) electrons. The Morgan fingerprint density at radius 2 is 1.97 bits per heavy atom. The number of nitro groups is 1. The molecule has 0 aliphatic carbocycles. The molecular formula is C21H21N5O7S. The lowest BCUT2D eigenvalue weighted by Gasteiger charge is -2.39. The number of rotatable bonds is 8. The molecule has 34 heavy (non-hydrogen) atoms. The minimum absolute atomic E-state index is 0.137. The molecule has 2 heterocycles. The first kappa shape index (κ1) is 24.6. The maximum Gasteiger partial charge on any atom is 0.340 e. The van der Waals surface area contributed by atoms with Crippen molar-refractivity contribution < 1.29 is 27.7 Å². The zero-order valence-electron chi connectivity index (χ0n) is 18.3. The van der Waals surface area contributed by atoms with E-state index in [4.69, 9.17) is 4.74 Å². The van der Waals surface area contributed by atoms with Gasteiger partial charge in [0.05, 0.1) is 40.0 Å². The number of nitrogens with zero attached hydrogens (tertiary/aromatic N) is 4. The molecule has 0 atom stereocenters. The number of non-ortho nitro benzene ring substituents is 1. The summed E-state index contributed by atoms with van der Waals surface area (Å²) < 4.78 is 31.7. The average molecular weight is 487 g/mol. The third kappa shape index (κ3) is 5.46. The number of ether oxygens (including phenoxy) is 1. The van der Waals surface area contributed by atoms with Crippen molar-refractivity contribution in [2.45, 2.75) is 19.6 Å². The zero-order chi connectivity index (χ0) is 25.0. The van der Waals surface area contributed by atoms with Crippen molar-refractivity contribution in [3.05, 3.63) is 62.8 Å². The fourth-order valence-electron chi connectivity index (χ4n) is 3.35. The fraction of sp³-hybridized carbons (Fsp3) is 0.333. The Balaban J connectivity index is 1.63.